The van der Waals surface area contributed by atoms with Gasteiger partial charge in [-0.3, -0.25) is 4.98 Å². The second-order valence-corrected chi connectivity index (χ2v) is 6.16. The molecule has 2 aliphatic rings. The van der Waals surface area contributed by atoms with E-state index in [1.54, 1.807) is 0 Å². The fourth-order valence-corrected chi connectivity index (χ4v) is 3.83. The molecule has 2 nitrogen and oxygen atoms in total. The van der Waals surface area contributed by atoms with Gasteiger partial charge < -0.3 is 5.32 Å². The van der Waals surface area contributed by atoms with Crippen LogP contribution in [-0.2, 0) is 0 Å². The Kier molecular flexibility index (Phi) is 3.38. The van der Waals surface area contributed by atoms with Gasteiger partial charge in [-0.05, 0) is 50.2 Å². The lowest BCUT2D eigenvalue weighted by Crippen LogP contribution is -2.54. The summed E-state index contributed by atoms with van der Waals surface area (Å²) in [6.45, 7) is 2.25. The Labute approximate surface area is 110 Å². The molecule has 1 heterocycles. The van der Waals surface area contributed by atoms with E-state index in [0.29, 0.717) is 11.5 Å². The van der Waals surface area contributed by atoms with E-state index in [9.17, 15) is 0 Å². The van der Waals surface area contributed by atoms with E-state index >= 15 is 0 Å². The fourth-order valence-electron chi connectivity index (χ4n) is 3.83. The molecule has 2 aliphatic carbocycles. The van der Waals surface area contributed by atoms with Gasteiger partial charge in [0.25, 0.3) is 0 Å². The van der Waals surface area contributed by atoms with Crippen molar-refractivity contribution in [2.24, 2.45) is 5.41 Å². The minimum Gasteiger partial charge on any atom is -0.306 e. The Morgan fingerprint density at radius 2 is 2.06 bits per heavy atom. The van der Waals surface area contributed by atoms with E-state index in [0.717, 1.165) is 6.04 Å². The van der Waals surface area contributed by atoms with E-state index in [1.165, 1.54) is 50.6 Å². The van der Waals surface area contributed by atoms with Crippen molar-refractivity contribution in [2.45, 2.75) is 64.0 Å². The van der Waals surface area contributed by atoms with Crippen LogP contribution < -0.4 is 5.32 Å². The molecule has 2 atom stereocenters. The van der Waals surface area contributed by atoms with Crippen LogP contribution in [0.15, 0.2) is 24.4 Å². The minimum absolute atomic E-state index is 0.385. The first kappa shape index (κ1) is 12.2. The van der Waals surface area contributed by atoms with Gasteiger partial charge in [0.1, 0.15) is 0 Å². The van der Waals surface area contributed by atoms with Crippen LogP contribution in [0.3, 0.4) is 0 Å². The van der Waals surface area contributed by atoms with Gasteiger partial charge in [0.05, 0.1) is 5.69 Å². The maximum Gasteiger partial charge on any atom is 0.0570 e. The molecule has 2 unspecified atom stereocenters. The predicted octanol–water partition coefficient (Wildman–Crippen LogP) is 3.85. The van der Waals surface area contributed by atoms with E-state index in [1.807, 2.05) is 12.3 Å². The molecule has 0 bridgehead atoms. The van der Waals surface area contributed by atoms with Gasteiger partial charge in [0.2, 0.25) is 0 Å². The van der Waals surface area contributed by atoms with Crippen molar-refractivity contribution >= 4 is 0 Å². The molecule has 1 aromatic heterocycles. The van der Waals surface area contributed by atoms with Crippen molar-refractivity contribution in [3.63, 3.8) is 0 Å². The van der Waals surface area contributed by atoms with Crippen LogP contribution in [-0.4, -0.2) is 11.0 Å². The number of rotatable bonds is 3. The number of hydrogen-bond donors (Lipinski definition) is 1. The quantitative estimate of drug-likeness (QED) is 0.873. The highest BCUT2D eigenvalue weighted by Crippen LogP contribution is 2.52. The molecule has 0 amide bonds. The average Bonchev–Trinajstić information content (AvgIpc) is 2.45. The number of hydrogen-bond acceptors (Lipinski definition) is 2. The van der Waals surface area contributed by atoms with Gasteiger partial charge >= 0.3 is 0 Å². The summed E-state index contributed by atoms with van der Waals surface area (Å²) in [5.74, 6) is 0. The molecule has 2 saturated carbocycles. The van der Waals surface area contributed by atoms with Gasteiger partial charge in [-0.25, -0.2) is 0 Å². The molecule has 2 heteroatoms. The number of nitrogens with one attached hydrogen (secondary N) is 1. The van der Waals surface area contributed by atoms with Crippen LogP contribution in [0.1, 0.15) is 63.6 Å². The van der Waals surface area contributed by atoms with Gasteiger partial charge in [-0.15, -0.1) is 0 Å². The lowest BCUT2D eigenvalue weighted by molar-refractivity contribution is 0.0172. The SMILES string of the molecule is CC(NC1CCC12CCCCC2)c1ccccn1. The van der Waals surface area contributed by atoms with Gasteiger partial charge in [-0.1, -0.05) is 25.3 Å². The second-order valence-electron chi connectivity index (χ2n) is 6.16. The topological polar surface area (TPSA) is 24.9 Å². The summed E-state index contributed by atoms with van der Waals surface area (Å²) in [7, 11) is 0. The van der Waals surface area contributed by atoms with Crippen LogP contribution in [0.4, 0.5) is 0 Å². The summed E-state index contributed by atoms with van der Waals surface area (Å²) in [4.78, 5) is 4.46. The highest BCUT2D eigenvalue weighted by molar-refractivity contribution is 5.10. The first-order valence-electron chi connectivity index (χ1n) is 7.47. The Hall–Kier alpha value is -0.890. The molecule has 18 heavy (non-hydrogen) atoms. The molecular formula is C16H24N2. The first-order valence-corrected chi connectivity index (χ1v) is 7.47. The molecule has 2 fully saturated rings. The summed E-state index contributed by atoms with van der Waals surface area (Å²) in [6, 6.07) is 7.31. The molecule has 1 N–H and O–H groups in total. The van der Waals surface area contributed by atoms with Crippen molar-refractivity contribution in [1.82, 2.24) is 10.3 Å². The van der Waals surface area contributed by atoms with E-state index in [2.05, 4.69) is 29.4 Å². The molecule has 0 saturated heterocycles. The Morgan fingerprint density at radius 3 is 2.67 bits per heavy atom. The standard InChI is InChI=1S/C16H24N2/c1-13(14-7-3-6-12-17-14)18-15-8-11-16(15)9-4-2-5-10-16/h3,6-7,12-13,15,18H,2,4-5,8-11H2,1H3. The highest BCUT2D eigenvalue weighted by Gasteiger charge is 2.46. The Bertz CT molecular complexity index is 381. The van der Waals surface area contributed by atoms with Crippen molar-refractivity contribution < 1.29 is 0 Å². The average molecular weight is 244 g/mol. The van der Waals surface area contributed by atoms with Crippen molar-refractivity contribution in [3.05, 3.63) is 30.1 Å². The largest absolute Gasteiger partial charge is 0.306 e. The van der Waals surface area contributed by atoms with Gasteiger partial charge in [0, 0.05) is 18.3 Å². The lowest BCUT2D eigenvalue weighted by Gasteiger charge is -2.53. The molecule has 1 aromatic rings. The van der Waals surface area contributed by atoms with Crippen LogP contribution in [0.25, 0.3) is 0 Å². The third-order valence-electron chi connectivity index (χ3n) is 5.10. The van der Waals surface area contributed by atoms with Crippen molar-refractivity contribution in [2.75, 3.05) is 0 Å². The normalized spacial score (nSPS) is 27.7. The van der Waals surface area contributed by atoms with Gasteiger partial charge in [0.15, 0.2) is 0 Å². The molecule has 0 aliphatic heterocycles. The zero-order chi connectivity index (χ0) is 12.4. The van der Waals surface area contributed by atoms with Crippen LogP contribution in [0, 0.1) is 5.41 Å². The predicted molar refractivity (Wildman–Crippen MR) is 74.3 cm³/mol. The number of pyridine rings is 1. The number of nitrogens with zero attached hydrogens (tertiary/aromatic N) is 1. The molecule has 0 aromatic carbocycles. The highest BCUT2D eigenvalue weighted by atomic mass is 15.0. The zero-order valence-electron chi connectivity index (χ0n) is 11.4. The summed E-state index contributed by atoms with van der Waals surface area (Å²) in [6.07, 6.45) is 11.9. The van der Waals surface area contributed by atoms with E-state index in [-0.39, 0.29) is 0 Å². The first-order chi connectivity index (χ1) is 8.80. The van der Waals surface area contributed by atoms with Crippen molar-refractivity contribution in [1.29, 1.82) is 0 Å². The molecular weight excluding hydrogens is 220 g/mol. The molecule has 98 valence electrons. The van der Waals surface area contributed by atoms with Crippen LogP contribution >= 0.6 is 0 Å². The maximum absolute atomic E-state index is 4.46. The summed E-state index contributed by atoms with van der Waals surface area (Å²) >= 11 is 0. The smallest absolute Gasteiger partial charge is 0.0570 e. The Morgan fingerprint density at radius 1 is 1.22 bits per heavy atom. The molecule has 3 rings (SSSR count). The number of aromatic nitrogens is 1. The summed E-state index contributed by atoms with van der Waals surface area (Å²) in [5, 5.41) is 3.83. The van der Waals surface area contributed by atoms with E-state index < -0.39 is 0 Å². The van der Waals surface area contributed by atoms with E-state index in [4.69, 9.17) is 0 Å². The summed E-state index contributed by atoms with van der Waals surface area (Å²) < 4.78 is 0. The maximum atomic E-state index is 4.46. The summed E-state index contributed by atoms with van der Waals surface area (Å²) in [5.41, 5.74) is 1.82. The monoisotopic (exact) mass is 244 g/mol. The van der Waals surface area contributed by atoms with Crippen LogP contribution in [0.5, 0.6) is 0 Å². The molecule has 0 radical (unpaired) electrons. The van der Waals surface area contributed by atoms with Crippen LogP contribution in [0.2, 0.25) is 0 Å². The third kappa shape index (κ3) is 2.18. The zero-order valence-corrected chi connectivity index (χ0v) is 11.4. The minimum atomic E-state index is 0.385. The third-order valence-corrected chi connectivity index (χ3v) is 5.10. The molecule has 1 spiro atoms. The second kappa shape index (κ2) is 5.00. The van der Waals surface area contributed by atoms with Crippen molar-refractivity contribution in [3.8, 4) is 0 Å². The van der Waals surface area contributed by atoms with Gasteiger partial charge in [-0.2, -0.15) is 0 Å². The fraction of sp³-hybridized carbons (Fsp3) is 0.688. The lowest BCUT2D eigenvalue weighted by atomic mass is 9.57. The Balaban J connectivity index is 1.63.